The standard InChI is InChI=1S/C33H50O4Si/c1-31(2,3)38(7,8)37-25-15-17-32(4)23(19-25)11-14-26-27(32)16-18-33(5)29(34)20-28(30(26)33)36-21-22-9-12-24(35-6)13-10-22/h9-13,25-28,30H,14-21H2,1-8H3/t25?,26?,27?,28?,30?,32-,33+/m0/s1. The van der Waals surface area contributed by atoms with Crippen molar-refractivity contribution in [3.63, 3.8) is 0 Å². The van der Waals surface area contributed by atoms with Gasteiger partial charge in [-0.2, -0.15) is 0 Å². The molecule has 38 heavy (non-hydrogen) atoms. The number of ketones is 1. The van der Waals surface area contributed by atoms with Gasteiger partial charge in [0.2, 0.25) is 0 Å². The molecule has 210 valence electrons. The third kappa shape index (κ3) is 4.75. The van der Waals surface area contributed by atoms with Gasteiger partial charge in [0.15, 0.2) is 8.32 Å². The number of hydrogen-bond acceptors (Lipinski definition) is 4. The minimum atomic E-state index is -1.78. The van der Waals surface area contributed by atoms with E-state index < -0.39 is 8.32 Å². The second-order valence-corrected chi connectivity index (χ2v) is 19.5. The number of rotatable bonds is 6. The van der Waals surface area contributed by atoms with Crippen LogP contribution in [0.25, 0.3) is 0 Å². The molecule has 5 unspecified atom stereocenters. The van der Waals surface area contributed by atoms with Crippen LogP contribution in [-0.2, 0) is 20.6 Å². The molecule has 0 saturated heterocycles. The van der Waals surface area contributed by atoms with Crippen molar-refractivity contribution in [1.82, 2.24) is 0 Å². The fourth-order valence-electron chi connectivity index (χ4n) is 8.22. The Labute approximate surface area is 232 Å². The minimum Gasteiger partial charge on any atom is -0.497 e. The van der Waals surface area contributed by atoms with Crippen LogP contribution in [0.3, 0.4) is 0 Å². The summed E-state index contributed by atoms with van der Waals surface area (Å²) in [4.78, 5) is 13.4. The molecule has 4 nitrogen and oxygen atoms in total. The first-order valence-corrected chi connectivity index (χ1v) is 17.8. The summed E-state index contributed by atoms with van der Waals surface area (Å²) in [5.74, 6) is 2.74. The van der Waals surface area contributed by atoms with Crippen molar-refractivity contribution in [2.45, 2.75) is 117 Å². The molecule has 0 bridgehead atoms. The van der Waals surface area contributed by atoms with Crippen LogP contribution >= 0.6 is 0 Å². The fraction of sp³-hybridized carbons (Fsp3) is 0.727. The lowest BCUT2D eigenvalue weighted by atomic mass is 9.48. The highest BCUT2D eigenvalue weighted by molar-refractivity contribution is 6.74. The topological polar surface area (TPSA) is 44.8 Å². The molecule has 1 aromatic rings. The molecule has 7 atom stereocenters. The van der Waals surface area contributed by atoms with Gasteiger partial charge in [-0.3, -0.25) is 4.79 Å². The van der Waals surface area contributed by atoms with E-state index in [4.69, 9.17) is 13.9 Å². The number of hydrogen-bond donors (Lipinski definition) is 0. The van der Waals surface area contributed by atoms with Gasteiger partial charge in [0.05, 0.1) is 19.8 Å². The molecule has 0 heterocycles. The maximum Gasteiger partial charge on any atom is 0.192 e. The largest absolute Gasteiger partial charge is 0.497 e. The first kappa shape index (κ1) is 28.1. The fourth-order valence-corrected chi connectivity index (χ4v) is 9.60. The van der Waals surface area contributed by atoms with Gasteiger partial charge in [0, 0.05) is 23.9 Å². The van der Waals surface area contributed by atoms with E-state index in [0.717, 1.165) is 43.4 Å². The number of ether oxygens (including phenoxy) is 2. The van der Waals surface area contributed by atoms with Crippen molar-refractivity contribution < 1.29 is 18.7 Å². The van der Waals surface area contributed by atoms with Crippen LogP contribution in [0.5, 0.6) is 5.75 Å². The molecular formula is C33H50O4Si. The summed E-state index contributed by atoms with van der Waals surface area (Å²) in [6.07, 6.45) is 10.2. The molecule has 3 saturated carbocycles. The quantitative estimate of drug-likeness (QED) is 0.271. The molecule has 5 heteroatoms. The van der Waals surface area contributed by atoms with Gasteiger partial charge in [-0.1, -0.05) is 58.4 Å². The molecule has 1 aromatic carbocycles. The van der Waals surface area contributed by atoms with Crippen LogP contribution in [0.4, 0.5) is 0 Å². The number of carbonyl (C=O) groups excluding carboxylic acids is 1. The molecule has 0 aliphatic heterocycles. The third-order valence-corrected chi connectivity index (χ3v) is 16.2. The van der Waals surface area contributed by atoms with E-state index in [2.05, 4.69) is 65.9 Å². The maximum absolute atomic E-state index is 13.4. The van der Waals surface area contributed by atoms with E-state index in [-0.39, 0.29) is 22.0 Å². The summed E-state index contributed by atoms with van der Waals surface area (Å²) in [6, 6.07) is 8.11. The van der Waals surface area contributed by atoms with Crippen molar-refractivity contribution in [1.29, 1.82) is 0 Å². The van der Waals surface area contributed by atoms with Gasteiger partial charge in [-0.25, -0.2) is 0 Å². The van der Waals surface area contributed by atoms with Gasteiger partial charge < -0.3 is 13.9 Å². The van der Waals surface area contributed by atoms with Crippen LogP contribution < -0.4 is 4.74 Å². The second-order valence-electron chi connectivity index (χ2n) is 14.7. The van der Waals surface area contributed by atoms with E-state index in [1.54, 1.807) is 12.7 Å². The molecule has 0 radical (unpaired) electrons. The molecule has 0 amide bonds. The van der Waals surface area contributed by atoms with Crippen molar-refractivity contribution >= 4 is 14.1 Å². The minimum absolute atomic E-state index is 0.0132. The highest BCUT2D eigenvalue weighted by Crippen LogP contribution is 2.64. The number of allylic oxidation sites excluding steroid dienone is 1. The SMILES string of the molecule is COc1ccc(COC2CC(=O)[C@@]3(C)CCC4C(CC=C5CC(O[Si](C)(C)C(C)(C)C)CC[C@@]54C)C23)cc1. The summed E-state index contributed by atoms with van der Waals surface area (Å²) in [6.45, 7) is 17.1. The predicted molar refractivity (Wildman–Crippen MR) is 156 cm³/mol. The Morgan fingerprint density at radius 1 is 1.00 bits per heavy atom. The van der Waals surface area contributed by atoms with Crippen molar-refractivity contribution in [3.05, 3.63) is 41.5 Å². The summed E-state index contributed by atoms with van der Waals surface area (Å²) < 4.78 is 18.8. The van der Waals surface area contributed by atoms with Crippen LogP contribution in [0.1, 0.15) is 85.1 Å². The van der Waals surface area contributed by atoms with Crippen LogP contribution in [-0.4, -0.2) is 33.4 Å². The van der Waals surface area contributed by atoms with Gasteiger partial charge in [0.25, 0.3) is 0 Å². The lowest BCUT2D eigenvalue weighted by Crippen LogP contribution is -2.53. The Morgan fingerprint density at radius 2 is 1.68 bits per heavy atom. The summed E-state index contributed by atoms with van der Waals surface area (Å²) in [7, 11) is -0.0941. The zero-order valence-corrected chi connectivity index (χ0v) is 26.1. The van der Waals surface area contributed by atoms with E-state index in [9.17, 15) is 4.79 Å². The Hall–Kier alpha value is -1.43. The second kappa shape index (κ2) is 9.89. The number of fused-ring (bicyclic) bond motifs is 5. The van der Waals surface area contributed by atoms with E-state index >= 15 is 0 Å². The number of carbonyl (C=O) groups is 1. The van der Waals surface area contributed by atoms with Crippen molar-refractivity contribution in [2.75, 3.05) is 7.11 Å². The van der Waals surface area contributed by atoms with Crippen LogP contribution in [0.15, 0.2) is 35.9 Å². The Morgan fingerprint density at radius 3 is 2.34 bits per heavy atom. The summed E-state index contributed by atoms with van der Waals surface area (Å²) in [5.41, 5.74) is 2.76. The van der Waals surface area contributed by atoms with Crippen LogP contribution in [0, 0.1) is 28.6 Å². The smallest absolute Gasteiger partial charge is 0.192 e. The first-order chi connectivity index (χ1) is 17.8. The molecule has 5 rings (SSSR count). The number of methoxy groups -OCH3 is 1. The summed E-state index contributed by atoms with van der Waals surface area (Å²) >= 11 is 0. The molecule has 0 spiro atoms. The Bertz CT molecular complexity index is 1070. The monoisotopic (exact) mass is 538 g/mol. The molecule has 4 aliphatic rings. The maximum atomic E-state index is 13.4. The van der Waals surface area contributed by atoms with Gasteiger partial charge in [-0.15, -0.1) is 0 Å². The highest BCUT2D eigenvalue weighted by Gasteiger charge is 2.62. The predicted octanol–water partition coefficient (Wildman–Crippen LogP) is 8.11. The first-order valence-electron chi connectivity index (χ1n) is 14.9. The Balaban J connectivity index is 1.34. The lowest BCUT2D eigenvalue weighted by molar-refractivity contribution is -0.134. The normalized spacial score (nSPS) is 37.2. The molecule has 0 N–H and O–H groups in total. The third-order valence-electron chi connectivity index (χ3n) is 11.6. The van der Waals surface area contributed by atoms with Crippen molar-refractivity contribution in [3.8, 4) is 5.75 Å². The molecule has 0 aromatic heterocycles. The zero-order valence-electron chi connectivity index (χ0n) is 25.1. The molecule has 4 aliphatic carbocycles. The van der Waals surface area contributed by atoms with Gasteiger partial charge in [0.1, 0.15) is 11.5 Å². The zero-order chi connectivity index (χ0) is 27.5. The van der Waals surface area contributed by atoms with E-state index in [1.807, 2.05) is 12.1 Å². The summed E-state index contributed by atoms with van der Waals surface area (Å²) in [5, 5.41) is 0.240. The average Bonchev–Trinajstić information content (AvgIpc) is 3.12. The average molecular weight is 539 g/mol. The van der Waals surface area contributed by atoms with E-state index in [0.29, 0.717) is 42.7 Å². The highest BCUT2D eigenvalue weighted by atomic mass is 28.4. The van der Waals surface area contributed by atoms with Gasteiger partial charge >= 0.3 is 0 Å². The molecular weight excluding hydrogens is 488 g/mol. The molecule has 3 fully saturated rings. The van der Waals surface area contributed by atoms with Gasteiger partial charge in [-0.05, 0) is 91.6 Å². The number of Topliss-reactive ketones (excluding diaryl/α,β-unsaturated/α-hetero) is 1. The van der Waals surface area contributed by atoms with Crippen LogP contribution in [0.2, 0.25) is 18.1 Å². The lowest BCUT2D eigenvalue weighted by Gasteiger charge is -2.58. The number of benzene rings is 1. The van der Waals surface area contributed by atoms with Crippen molar-refractivity contribution in [2.24, 2.45) is 28.6 Å². The Kier molecular flexibility index (Phi) is 7.31. The van der Waals surface area contributed by atoms with E-state index in [1.165, 1.54) is 6.42 Å².